The van der Waals surface area contributed by atoms with Gasteiger partial charge in [0.2, 0.25) is 5.91 Å². The summed E-state index contributed by atoms with van der Waals surface area (Å²) in [6.45, 7) is 5.38. The van der Waals surface area contributed by atoms with Crippen LogP contribution in [0.4, 0.5) is 0 Å². The van der Waals surface area contributed by atoms with Crippen LogP contribution < -0.4 is 10.1 Å². The number of aryl methyl sites for hydroxylation is 1. The summed E-state index contributed by atoms with van der Waals surface area (Å²) in [4.78, 5) is 24.7. The van der Waals surface area contributed by atoms with E-state index < -0.39 is 17.4 Å². The van der Waals surface area contributed by atoms with Gasteiger partial charge < -0.3 is 15.2 Å². The average molecular weight is 389 g/mol. The maximum atomic E-state index is 13.0. The number of aliphatic carboxylic acids is 1. The number of carboxylic acid groups (broad SMARTS) is 1. The first-order chi connectivity index (χ1) is 13.4. The lowest BCUT2D eigenvalue weighted by Crippen LogP contribution is -2.45. The molecule has 1 unspecified atom stereocenters. The first-order valence-electron chi connectivity index (χ1n) is 9.25. The fourth-order valence-electron chi connectivity index (χ4n) is 3.09. The summed E-state index contributed by atoms with van der Waals surface area (Å²) in [6.07, 6.45) is 1.18. The van der Waals surface area contributed by atoms with Crippen LogP contribution in [0.2, 0.25) is 0 Å². The number of methoxy groups -OCH3 is 1. The first kappa shape index (κ1) is 21.3. The van der Waals surface area contributed by atoms with Gasteiger partial charge in [0.25, 0.3) is 0 Å². The van der Waals surface area contributed by atoms with E-state index in [1.165, 1.54) is 4.68 Å². The van der Waals surface area contributed by atoms with Crippen LogP contribution >= 0.6 is 0 Å². The number of carbonyl (C=O) groups excluding carboxylic acids is 1. The number of nitrogens with one attached hydrogen (secondary N) is 1. The van der Waals surface area contributed by atoms with Gasteiger partial charge in [-0.1, -0.05) is 26.0 Å². The second-order valence-electron chi connectivity index (χ2n) is 6.75. The third kappa shape index (κ3) is 4.65. The van der Waals surface area contributed by atoms with Gasteiger partial charge in [0, 0.05) is 13.0 Å². The van der Waals surface area contributed by atoms with E-state index in [0.29, 0.717) is 30.8 Å². The van der Waals surface area contributed by atoms with Crippen molar-refractivity contribution in [3.63, 3.8) is 0 Å². The van der Waals surface area contributed by atoms with Crippen molar-refractivity contribution in [2.45, 2.75) is 46.1 Å². The van der Waals surface area contributed by atoms with Gasteiger partial charge in [-0.15, -0.1) is 5.10 Å². The second kappa shape index (κ2) is 9.29. The van der Waals surface area contributed by atoms with Crippen molar-refractivity contribution < 1.29 is 19.4 Å². The number of hydrogen-bond acceptors (Lipinski definition) is 6. The fourth-order valence-corrected chi connectivity index (χ4v) is 3.09. The molecule has 1 amide bonds. The highest BCUT2D eigenvalue weighted by Crippen LogP contribution is 2.26. The SMILES string of the molecule is CCC(CC)(CNC(=O)C(Cc1cccc(OC)c1)n1nnnc1C)C(=O)O. The smallest absolute Gasteiger partial charge is 0.311 e. The third-order valence-electron chi connectivity index (χ3n) is 5.23. The number of aromatic nitrogens is 4. The average Bonchev–Trinajstić information content (AvgIpc) is 3.12. The molecule has 2 aromatic rings. The highest BCUT2D eigenvalue weighted by molar-refractivity contribution is 5.82. The molecule has 0 radical (unpaired) electrons. The van der Waals surface area contributed by atoms with E-state index in [2.05, 4.69) is 20.8 Å². The molecule has 1 heterocycles. The van der Waals surface area contributed by atoms with Crippen LogP contribution in [0.25, 0.3) is 0 Å². The Bertz CT molecular complexity index is 816. The third-order valence-corrected chi connectivity index (χ3v) is 5.23. The summed E-state index contributed by atoms with van der Waals surface area (Å²) in [7, 11) is 1.58. The molecule has 0 bridgehead atoms. The van der Waals surface area contributed by atoms with Crippen LogP contribution in [0.1, 0.15) is 44.1 Å². The Labute approximate surface area is 164 Å². The van der Waals surface area contributed by atoms with E-state index in [0.717, 1.165) is 5.56 Å². The molecule has 9 heteroatoms. The Morgan fingerprint density at radius 1 is 1.32 bits per heavy atom. The summed E-state index contributed by atoms with van der Waals surface area (Å²) >= 11 is 0. The number of carbonyl (C=O) groups is 2. The van der Waals surface area contributed by atoms with Crippen molar-refractivity contribution in [3.8, 4) is 5.75 Å². The van der Waals surface area contributed by atoms with Crippen molar-refractivity contribution in [3.05, 3.63) is 35.7 Å². The number of amides is 1. The molecule has 0 fully saturated rings. The quantitative estimate of drug-likeness (QED) is 0.635. The van der Waals surface area contributed by atoms with Gasteiger partial charge in [0.1, 0.15) is 17.6 Å². The molecule has 0 aliphatic carbocycles. The minimum absolute atomic E-state index is 0.0456. The summed E-state index contributed by atoms with van der Waals surface area (Å²) in [5, 5.41) is 23.8. The number of tetrazole rings is 1. The molecule has 2 rings (SSSR count). The van der Waals surface area contributed by atoms with Crippen molar-refractivity contribution in [2.24, 2.45) is 5.41 Å². The minimum Gasteiger partial charge on any atom is -0.497 e. The zero-order valence-corrected chi connectivity index (χ0v) is 16.7. The van der Waals surface area contributed by atoms with Crippen LogP contribution in [-0.4, -0.2) is 50.8 Å². The Morgan fingerprint density at radius 3 is 2.57 bits per heavy atom. The van der Waals surface area contributed by atoms with Crippen LogP contribution in [0.5, 0.6) is 5.75 Å². The normalized spacial score (nSPS) is 12.4. The zero-order chi connectivity index (χ0) is 20.7. The molecular formula is C19H27N5O4. The van der Waals surface area contributed by atoms with Crippen molar-refractivity contribution in [1.29, 1.82) is 0 Å². The molecule has 0 saturated carbocycles. The number of hydrogen-bond donors (Lipinski definition) is 2. The van der Waals surface area contributed by atoms with E-state index in [-0.39, 0.29) is 12.5 Å². The van der Waals surface area contributed by atoms with E-state index in [1.807, 2.05) is 38.1 Å². The number of ether oxygens (including phenoxy) is 1. The lowest BCUT2D eigenvalue weighted by Gasteiger charge is -2.28. The first-order valence-corrected chi connectivity index (χ1v) is 9.25. The molecule has 28 heavy (non-hydrogen) atoms. The van der Waals surface area contributed by atoms with Gasteiger partial charge >= 0.3 is 5.97 Å². The van der Waals surface area contributed by atoms with Crippen LogP contribution in [0.3, 0.4) is 0 Å². The van der Waals surface area contributed by atoms with Gasteiger partial charge in [-0.25, -0.2) is 4.68 Å². The van der Waals surface area contributed by atoms with Gasteiger partial charge in [-0.3, -0.25) is 9.59 Å². The molecule has 0 saturated heterocycles. The number of carboxylic acids is 1. The molecule has 1 atom stereocenters. The van der Waals surface area contributed by atoms with E-state index in [9.17, 15) is 14.7 Å². The summed E-state index contributed by atoms with van der Waals surface area (Å²) in [5.74, 6) is -0.0584. The van der Waals surface area contributed by atoms with Crippen LogP contribution in [0.15, 0.2) is 24.3 Å². The second-order valence-corrected chi connectivity index (χ2v) is 6.75. The molecule has 2 N–H and O–H groups in total. The lowest BCUT2D eigenvalue weighted by molar-refractivity contribution is -0.149. The molecule has 0 spiro atoms. The molecule has 1 aromatic heterocycles. The van der Waals surface area contributed by atoms with Gasteiger partial charge in [0.15, 0.2) is 0 Å². The Morgan fingerprint density at radius 2 is 2.04 bits per heavy atom. The lowest BCUT2D eigenvalue weighted by atomic mass is 9.82. The summed E-state index contributed by atoms with van der Waals surface area (Å²) in [6, 6.07) is 6.70. The largest absolute Gasteiger partial charge is 0.497 e. The van der Waals surface area contributed by atoms with E-state index >= 15 is 0 Å². The molecule has 9 nitrogen and oxygen atoms in total. The van der Waals surface area contributed by atoms with Crippen molar-refractivity contribution in [1.82, 2.24) is 25.5 Å². The monoisotopic (exact) mass is 389 g/mol. The summed E-state index contributed by atoms with van der Waals surface area (Å²) in [5.41, 5.74) is -0.115. The maximum Gasteiger partial charge on any atom is 0.311 e. The van der Waals surface area contributed by atoms with Crippen LogP contribution in [-0.2, 0) is 16.0 Å². The fraction of sp³-hybridized carbons (Fsp3) is 0.526. The van der Waals surface area contributed by atoms with Gasteiger partial charge in [-0.2, -0.15) is 0 Å². The predicted molar refractivity (Wildman–Crippen MR) is 102 cm³/mol. The summed E-state index contributed by atoms with van der Waals surface area (Å²) < 4.78 is 6.70. The number of nitrogens with zero attached hydrogens (tertiary/aromatic N) is 4. The standard InChI is InChI=1S/C19H27N5O4/c1-5-19(6-2,18(26)27)12-20-17(25)16(24-13(3)21-22-23-24)11-14-8-7-9-15(10-14)28-4/h7-10,16H,5-6,11-12H2,1-4H3,(H,20,25)(H,26,27). The maximum absolute atomic E-state index is 13.0. The molecule has 1 aromatic carbocycles. The minimum atomic E-state index is -0.994. The topological polar surface area (TPSA) is 119 Å². The van der Waals surface area contributed by atoms with E-state index in [1.54, 1.807) is 14.0 Å². The highest BCUT2D eigenvalue weighted by atomic mass is 16.5. The van der Waals surface area contributed by atoms with Crippen molar-refractivity contribution in [2.75, 3.05) is 13.7 Å². The molecule has 0 aliphatic rings. The Hall–Kier alpha value is -2.97. The number of benzene rings is 1. The predicted octanol–water partition coefficient (Wildman–Crippen LogP) is 1.78. The molecular weight excluding hydrogens is 362 g/mol. The Balaban J connectivity index is 2.25. The van der Waals surface area contributed by atoms with Gasteiger partial charge in [-0.05, 0) is 47.9 Å². The van der Waals surface area contributed by atoms with Crippen LogP contribution in [0, 0.1) is 12.3 Å². The zero-order valence-electron chi connectivity index (χ0n) is 16.7. The van der Waals surface area contributed by atoms with E-state index in [4.69, 9.17) is 4.74 Å². The van der Waals surface area contributed by atoms with Gasteiger partial charge in [0.05, 0.1) is 12.5 Å². The van der Waals surface area contributed by atoms with Crippen molar-refractivity contribution >= 4 is 11.9 Å². The highest BCUT2D eigenvalue weighted by Gasteiger charge is 2.36. The number of rotatable bonds is 10. The molecule has 0 aliphatic heterocycles. The Kier molecular flexibility index (Phi) is 7.08. The molecule has 152 valence electrons.